The minimum Gasteiger partial charge on any atom is -0.465 e. The quantitative estimate of drug-likeness (QED) is 0.692. The Morgan fingerprint density at radius 1 is 1.17 bits per heavy atom. The van der Waals surface area contributed by atoms with Gasteiger partial charge < -0.3 is 19.4 Å². The molecule has 2 fully saturated rings. The molecule has 29 heavy (non-hydrogen) atoms. The summed E-state index contributed by atoms with van der Waals surface area (Å²) in [6.07, 6.45) is 11.3. The van der Waals surface area contributed by atoms with Crippen LogP contribution < -0.4 is 15.8 Å². The summed E-state index contributed by atoms with van der Waals surface area (Å²) >= 11 is 0. The van der Waals surface area contributed by atoms with E-state index in [9.17, 15) is 14.9 Å². The summed E-state index contributed by atoms with van der Waals surface area (Å²) in [5, 5.41) is 12.2. The fourth-order valence-corrected chi connectivity index (χ4v) is 4.44. The van der Waals surface area contributed by atoms with Crippen molar-refractivity contribution in [1.29, 1.82) is 5.26 Å². The van der Waals surface area contributed by atoms with Gasteiger partial charge in [-0.3, -0.25) is 4.79 Å². The highest BCUT2D eigenvalue weighted by molar-refractivity contribution is 5.75. The summed E-state index contributed by atoms with van der Waals surface area (Å²) < 4.78 is 10.5. The highest BCUT2D eigenvalue weighted by Crippen LogP contribution is 2.33. The number of carbonyl (C=O) groups excluding carboxylic acids is 1. The molecule has 0 unspecified atom stereocenters. The number of carbonyl (C=O) groups is 1. The second kappa shape index (κ2) is 10.3. The molecule has 2 aliphatic carbocycles. The molecule has 2 saturated carbocycles. The minimum atomic E-state index is -0.722. The van der Waals surface area contributed by atoms with E-state index in [1.165, 1.54) is 12.8 Å². The predicted octanol–water partition coefficient (Wildman–Crippen LogP) is 3.35. The lowest BCUT2D eigenvalue weighted by molar-refractivity contribution is -0.140. The molecule has 1 aromatic heterocycles. The Bertz CT molecular complexity index is 771. The molecule has 0 saturated heterocycles. The monoisotopic (exact) mass is 402 g/mol. The normalized spacial score (nSPS) is 18.1. The third-order valence-corrected chi connectivity index (χ3v) is 5.81. The maximum atomic E-state index is 12.5. The largest absolute Gasteiger partial charge is 0.465 e. The van der Waals surface area contributed by atoms with Crippen LogP contribution in [-0.2, 0) is 9.53 Å². The fourth-order valence-electron chi connectivity index (χ4n) is 4.44. The van der Waals surface area contributed by atoms with Crippen LogP contribution in [0.1, 0.15) is 76.7 Å². The van der Waals surface area contributed by atoms with E-state index in [4.69, 9.17) is 9.15 Å². The molecule has 0 spiro atoms. The third-order valence-electron chi connectivity index (χ3n) is 5.81. The number of esters is 1. The molecule has 0 bridgehead atoms. The van der Waals surface area contributed by atoms with Gasteiger partial charge in [0, 0.05) is 12.1 Å². The smallest absolute Gasteiger partial charge is 0.360 e. The van der Waals surface area contributed by atoms with Crippen molar-refractivity contribution in [3.63, 3.8) is 0 Å². The Morgan fingerprint density at radius 2 is 1.76 bits per heavy atom. The maximum absolute atomic E-state index is 12.5. The highest BCUT2D eigenvalue weighted by Gasteiger charge is 2.32. The maximum Gasteiger partial charge on any atom is 0.360 e. The molecule has 158 valence electrons. The lowest BCUT2D eigenvalue weighted by atomic mass is 9.89. The van der Waals surface area contributed by atoms with Gasteiger partial charge in [0.25, 0.3) is 0 Å². The van der Waals surface area contributed by atoms with Gasteiger partial charge in [-0.05, 0) is 32.6 Å². The number of nitrogens with one attached hydrogen (secondary N) is 1. The molecule has 2 aliphatic rings. The van der Waals surface area contributed by atoms with Gasteiger partial charge in [0.05, 0.1) is 6.61 Å². The lowest BCUT2D eigenvalue weighted by Gasteiger charge is -2.41. The number of rotatable bonds is 7. The average molecular weight is 402 g/mol. The van der Waals surface area contributed by atoms with Crippen molar-refractivity contribution >= 4 is 17.8 Å². The zero-order valence-corrected chi connectivity index (χ0v) is 17.1. The van der Waals surface area contributed by atoms with Gasteiger partial charge in [-0.25, -0.2) is 4.79 Å². The lowest BCUT2D eigenvalue weighted by Crippen LogP contribution is -2.46. The number of hydrogen-bond acceptors (Lipinski definition) is 8. The van der Waals surface area contributed by atoms with Gasteiger partial charge in [-0.1, -0.05) is 38.5 Å². The van der Waals surface area contributed by atoms with Crippen LogP contribution in [-0.4, -0.2) is 36.2 Å². The summed E-state index contributed by atoms with van der Waals surface area (Å²) in [5.41, 5.74) is -0.939. The fraction of sp³-hybridized carbons (Fsp3) is 0.714. The first kappa shape index (κ1) is 21.2. The van der Waals surface area contributed by atoms with E-state index in [0.29, 0.717) is 0 Å². The van der Waals surface area contributed by atoms with Crippen LogP contribution in [0.2, 0.25) is 0 Å². The molecule has 8 nitrogen and oxygen atoms in total. The van der Waals surface area contributed by atoms with Gasteiger partial charge in [-0.15, -0.1) is 0 Å². The van der Waals surface area contributed by atoms with Gasteiger partial charge in [0.2, 0.25) is 0 Å². The zero-order valence-electron chi connectivity index (χ0n) is 17.1. The van der Waals surface area contributed by atoms with E-state index < -0.39 is 11.6 Å². The van der Waals surface area contributed by atoms with Crippen molar-refractivity contribution in [1.82, 2.24) is 4.98 Å². The van der Waals surface area contributed by atoms with E-state index in [2.05, 4.69) is 15.2 Å². The molecular formula is C21H30N4O4. The first-order valence-corrected chi connectivity index (χ1v) is 10.8. The summed E-state index contributed by atoms with van der Waals surface area (Å²) in [5.74, 6) is -0.382. The van der Waals surface area contributed by atoms with Crippen LogP contribution in [0.25, 0.3) is 0 Å². The van der Waals surface area contributed by atoms with Crippen molar-refractivity contribution < 1.29 is 13.9 Å². The molecule has 0 amide bonds. The van der Waals surface area contributed by atoms with Crippen LogP contribution in [0.15, 0.2) is 9.21 Å². The van der Waals surface area contributed by atoms with Crippen LogP contribution in [0.5, 0.6) is 0 Å². The molecule has 0 atom stereocenters. The third kappa shape index (κ3) is 5.28. The van der Waals surface area contributed by atoms with Gasteiger partial charge >= 0.3 is 17.6 Å². The first-order valence-electron chi connectivity index (χ1n) is 10.8. The number of ether oxygens (including phenoxy) is 1. The molecular weight excluding hydrogens is 372 g/mol. The molecule has 1 heterocycles. The zero-order chi connectivity index (χ0) is 20.6. The summed E-state index contributed by atoms with van der Waals surface area (Å²) in [6, 6.07) is 2.68. The van der Waals surface area contributed by atoms with Crippen LogP contribution >= 0.6 is 0 Å². The van der Waals surface area contributed by atoms with E-state index in [1.54, 1.807) is 6.92 Å². The Kier molecular flexibility index (Phi) is 7.50. The Labute approximate surface area is 171 Å². The molecule has 1 aromatic rings. The summed E-state index contributed by atoms with van der Waals surface area (Å²) in [4.78, 5) is 30.9. The molecule has 8 heteroatoms. The standard InChI is InChI=1S/C21H30N4O4/c1-2-28-18(26)14-23-19-17(13-22)20(27)29-21(24-19)25(15-9-5-3-6-10-15)16-11-7-4-8-12-16/h15-16,23H,2-12,14H2,1H3. The van der Waals surface area contributed by atoms with Gasteiger partial charge in [-0.2, -0.15) is 10.2 Å². The van der Waals surface area contributed by atoms with E-state index in [1.807, 2.05) is 6.07 Å². The Hall–Kier alpha value is -2.56. The molecule has 0 aromatic carbocycles. The van der Waals surface area contributed by atoms with Crippen LogP contribution in [0.3, 0.4) is 0 Å². The number of aromatic nitrogens is 1. The van der Waals surface area contributed by atoms with Gasteiger partial charge in [0.15, 0.2) is 11.4 Å². The molecule has 0 radical (unpaired) electrons. The minimum absolute atomic E-state index is 0.0865. The number of hydrogen-bond donors (Lipinski definition) is 1. The second-order valence-corrected chi connectivity index (χ2v) is 7.77. The van der Waals surface area contributed by atoms with Crippen molar-refractivity contribution in [3.8, 4) is 6.07 Å². The SMILES string of the molecule is CCOC(=O)CNc1nc(N(C2CCCCC2)C2CCCCC2)oc(=O)c1C#N. The van der Waals surface area contributed by atoms with Crippen LogP contribution in [0, 0.1) is 11.3 Å². The number of nitrogens with zero attached hydrogens (tertiary/aromatic N) is 3. The van der Waals surface area contributed by atoms with Crippen molar-refractivity contribution in [2.24, 2.45) is 0 Å². The molecule has 3 rings (SSSR count). The van der Waals surface area contributed by atoms with E-state index in [0.717, 1.165) is 51.4 Å². The Balaban J connectivity index is 1.92. The summed E-state index contributed by atoms with van der Waals surface area (Å²) in [6.45, 7) is 1.82. The number of anilines is 2. The van der Waals surface area contributed by atoms with E-state index in [-0.39, 0.29) is 42.6 Å². The molecule has 1 N–H and O–H groups in total. The van der Waals surface area contributed by atoms with Crippen LogP contribution in [0.4, 0.5) is 11.8 Å². The predicted molar refractivity (Wildman–Crippen MR) is 109 cm³/mol. The van der Waals surface area contributed by atoms with Gasteiger partial charge in [0.1, 0.15) is 12.6 Å². The molecule has 0 aliphatic heterocycles. The topological polar surface area (TPSA) is 108 Å². The van der Waals surface area contributed by atoms with Crippen molar-refractivity contribution in [3.05, 3.63) is 16.0 Å². The van der Waals surface area contributed by atoms with Crippen molar-refractivity contribution in [2.75, 3.05) is 23.4 Å². The number of nitriles is 1. The van der Waals surface area contributed by atoms with Crippen molar-refractivity contribution in [2.45, 2.75) is 83.2 Å². The second-order valence-electron chi connectivity index (χ2n) is 7.77. The summed E-state index contributed by atoms with van der Waals surface area (Å²) in [7, 11) is 0. The first-order chi connectivity index (χ1) is 14.1. The highest BCUT2D eigenvalue weighted by atomic mass is 16.5. The van der Waals surface area contributed by atoms with E-state index >= 15 is 0 Å². The average Bonchev–Trinajstić information content (AvgIpc) is 2.74. The Morgan fingerprint density at radius 3 is 2.28 bits per heavy atom.